The minimum atomic E-state index is -4.79. The van der Waals surface area contributed by atoms with Gasteiger partial charge in [0.25, 0.3) is 0 Å². The Morgan fingerprint density at radius 2 is 1.00 bits per heavy atom. The highest BCUT2D eigenvalue weighted by Gasteiger charge is 2.57. The molecule has 5 aromatic carbocycles. The van der Waals surface area contributed by atoms with Gasteiger partial charge < -0.3 is 44.1 Å². The number of aliphatic hydroxyl groups excluding tert-OH is 4. The van der Waals surface area contributed by atoms with Crippen molar-refractivity contribution in [2.75, 3.05) is 13.2 Å². The highest BCUT2D eigenvalue weighted by molar-refractivity contribution is 7.90. The van der Waals surface area contributed by atoms with Crippen LogP contribution in [-0.4, -0.2) is 153 Å². The Hall–Kier alpha value is -5.31. The molecule has 8 rings (SSSR count). The lowest BCUT2D eigenvalue weighted by Gasteiger charge is -2.51. The molecule has 7 unspecified atom stereocenters. The van der Waals surface area contributed by atoms with Gasteiger partial charge in [0.15, 0.2) is 12.6 Å². The third-order valence-electron chi connectivity index (χ3n) is 14.2. The molecule has 0 radical (unpaired) electrons. The van der Waals surface area contributed by atoms with Crippen LogP contribution in [0.2, 0.25) is 0 Å². The average Bonchev–Trinajstić information content (AvgIpc) is 3.62. The number of ether oxygens (including phenoxy) is 5. The fourth-order valence-electron chi connectivity index (χ4n) is 9.60. The normalized spacial score (nSPS) is 28.4. The van der Waals surface area contributed by atoms with Crippen LogP contribution in [0.4, 0.5) is 0 Å². The molecule has 81 heavy (non-hydrogen) atoms. The van der Waals surface area contributed by atoms with E-state index in [1.54, 1.807) is 82.3 Å². The van der Waals surface area contributed by atoms with E-state index in [0.29, 0.717) is 16.7 Å². The summed E-state index contributed by atoms with van der Waals surface area (Å²) in [5, 5.41) is 51.5. The summed E-state index contributed by atoms with van der Waals surface area (Å²) in [5.41, 5.74) is 13.2. The molecule has 24 nitrogen and oxygen atoms in total. The van der Waals surface area contributed by atoms with Crippen LogP contribution in [0, 0.1) is 27.7 Å². The predicted molar refractivity (Wildman–Crippen MR) is 292 cm³/mol. The molecule has 438 valence electrons. The van der Waals surface area contributed by atoms with Crippen LogP contribution in [0.5, 0.6) is 0 Å². The number of benzene rings is 5. The second-order valence-electron chi connectivity index (χ2n) is 20.2. The van der Waals surface area contributed by atoms with Gasteiger partial charge in [-0.1, -0.05) is 106 Å². The number of aliphatic hydroxyl groups is 4. The molecule has 3 aliphatic rings. The smallest absolute Gasteiger partial charge is 0.240 e. The van der Waals surface area contributed by atoms with Crippen LogP contribution < -0.4 is 18.9 Å². The molecule has 3 fully saturated rings. The number of nitrogens with zero attached hydrogens (tertiary/aromatic N) is 3. The Morgan fingerprint density at radius 3 is 1.46 bits per heavy atom. The third-order valence-corrected chi connectivity index (χ3v) is 20.1. The van der Waals surface area contributed by atoms with Crippen molar-refractivity contribution >= 4 is 40.1 Å². The maximum Gasteiger partial charge on any atom is 0.240 e. The number of rotatable bonds is 22. The zero-order valence-corrected chi connectivity index (χ0v) is 47.6. The van der Waals surface area contributed by atoms with Gasteiger partial charge in [-0.05, 0) is 100 Å². The highest BCUT2D eigenvalue weighted by atomic mass is 32.2. The van der Waals surface area contributed by atoms with Gasteiger partial charge in [0.1, 0.15) is 30.5 Å². The topological polar surface area (TPSA) is 361 Å². The van der Waals surface area contributed by atoms with Crippen molar-refractivity contribution in [2.24, 2.45) is 5.11 Å². The molecule has 28 heteroatoms. The van der Waals surface area contributed by atoms with E-state index >= 15 is 0 Å². The minimum absolute atomic E-state index is 0.00109. The Labute approximate surface area is 470 Å². The van der Waals surface area contributed by atoms with Crippen LogP contribution >= 0.6 is 0 Å². The molecule has 8 N–H and O–H groups in total. The largest absolute Gasteiger partial charge is 0.394 e. The molecule has 0 aromatic heterocycles. The molecule has 2 aliphatic heterocycles. The lowest BCUT2D eigenvalue weighted by molar-refractivity contribution is -0.325. The maximum atomic E-state index is 14.5. The summed E-state index contributed by atoms with van der Waals surface area (Å²) < 4.78 is 155. The van der Waals surface area contributed by atoms with Crippen molar-refractivity contribution in [3.05, 3.63) is 166 Å². The predicted octanol–water partition coefficient (Wildman–Crippen LogP) is 2.59. The van der Waals surface area contributed by atoms with E-state index in [2.05, 4.69) is 28.9 Å². The summed E-state index contributed by atoms with van der Waals surface area (Å²) >= 11 is 0. The first-order valence-corrected chi connectivity index (χ1v) is 31.6. The summed E-state index contributed by atoms with van der Waals surface area (Å²) in [5.74, 6) is 0. The van der Waals surface area contributed by atoms with Crippen molar-refractivity contribution in [1.82, 2.24) is 18.9 Å². The lowest BCUT2D eigenvalue weighted by atomic mass is 9.81. The molecule has 0 bridgehead atoms. The lowest BCUT2D eigenvalue weighted by Crippen LogP contribution is -2.74. The second kappa shape index (κ2) is 26.1. The third kappa shape index (κ3) is 14.9. The fourth-order valence-corrected chi connectivity index (χ4v) is 14.5. The van der Waals surface area contributed by atoms with Gasteiger partial charge in [0, 0.05) is 11.5 Å². The van der Waals surface area contributed by atoms with Gasteiger partial charge >= 0.3 is 0 Å². The van der Waals surface area contributed by atoms with E-state index < -0.39 is 139 Å². The number of aryl methyl sites for hydroxylation is 4. The van der Waals surface area contributed by atoms with Gasteiger partial charge in [-0.2, -0.15) is 0 Å². The van der Waals surface area contributed by atoms with E-state index in [1.807, 2.05) is 0 Å². The quantitative estimate of drug-likeness (QED) is 0.0280. The molecule has 2 heterocycles. The molecule has 2 saturated heterocycles. The van der Waals surface area contributed by atoms with E-state index in [4.69, 9.17) is 23.7 Å². The van der Waals surface area contributed by atoms with Crippen molar-refractivity contribution in [3.63, 3.8) is 0 Å². The first kappa shape index (κ1) is 61.8. The van der Waals surface area contributed by atoms with E-state index in [9.17, 15) is 59.6 Å². The average molecular weight is 1200 g/mol. The monoisotopic (exact) mass is 1200 g/mol. The number of hydrogen-bond acceptors (Lipinski definition) is 18. The minimum Gasteiger partial charge on any atom is -0.394 e. The summed E-state index contributed by atoms with van der Waals surface area (Å²) in [7, 11) is -18.2. The van der Waals surface area contributed by atoms with Crippen LogP contribution in [0.3, 0.4) is 0 Å². The standard InChI is InChI=1S/C53H65N7O17S4/c1-31-10-19-37(20-11-31)78(65,66)55-28-36-18-27-41(57-79(67,68)38-21-12-32(2)13-22-38)52(74-36)76-49-44(58-80(69,70)39-23-14-33(3)15-24-39)47(63)45(59-81(71,72)40-25-16-34(4)17-26-40)50(48(49)64)77-53-51(73-30-35-8-6-5-7-9-35)43(56-60-54)46(62)42(29-61)75-53/h5-17,19-26,36,41-53,55,57-59,61-64H,18,27-30H2,1-4H3/t36?,41?,42?,43-,44-,45+,46-,47?,48?,49?,50+,51?,52-,53-/m0/s1. The van der Waals surface area contributed by atoms with Crippen molar-refractivity contribution in [3.8, 4) is 0 Å². The molecule has 1 saturated carbocycles. The van der Waals surface area contributed by atoms with Crippen LogP contribution in [0.25, 0.3) is 10.4 Å². The van der Waals surface area contributed by atoms with E-state index in [-0.39, 0.29) is 39.0 Å². The zero-order chi connectivity index (χ0) is 58.4. The van der Waals surface area contributed by atoms with Gasteiger partial charge in [-0.3, -0.25) is 0 Å². The molecule has 1 aliphatic carbocycles. The van der Waals surface area contributed by atoms with Gasteiger partial charge in [-0.25, -0.2) is 52.6 Å². The summed E-state index contributed by atoms with van der Waals surface area (Å²) in [6, 6.07) is 24.2. The van der Waals surface area contributed by atoms with Crippen LogP contribution in [0.15, 0.2) is 152 Å². The number of hydrogen-bond donors (Lipinski definition) is 8. The number of nitrogens with one attached hydrogen (secondary N) is 4. The fraction of sp³-hybridized carbons (Fsp3) is 0.434. The summed E-state index contributed by atoms with van der Waals surface area (Å²) in [6.45, 7) is 5.40. The highest BCUT2D eigenvalue weighted by Crippen LogP contribution is 2.36. The van der Waals surface area contributed by atoms with Gasteiger partial charge in [0.05, 0.1) is 75.3 Å². The molecular formula is C53H65N7O17S4. The number of azide groups is 1. The maximum absolute atomic E-state index is 14.5. The van der Waals surface area contributed by atoms with Gasteiger partial charge in [0.2, 0.25) is 40.1 Å². The molecule has 0 spiro atoms. The molecule has 0 amide bonds. The SMILES string of the molecule is Cc1ccc(S(=O)(=O)NCC2CCC(NS(=O)(=O)c3ccc(C)cc3)[C@H](OC3C(O)[C@H](O[C@@H]4OC(CO)[C@H](O)[C@H](N=[N+]=[N-])C4OCc4ccccc4)[C@H](NS(=O)(=O)c4ccc(C)cc4)C(O)[C@@H]3NS(=O)(=O)c3ccc(C)cc3)O2)cc1. The zero-order valence-electron chi connectivity index (χ0n) is 44.3. The molecular weight excluding hydrogens is 1130 g/mol. The first-order valence-electron chi connectivity index (χ1n) is 25.7. The number of sulfonamides is 4. The summed E-state index contributed by atoms with van der Waals surface area (Å²) in [6.07, 6.45) is -18.9. The first-order chi connectivity index (χ1) is 38.4. The molecule has 14 atom stereocenters. The molecule has 5 aromatic rings. The van der Waals surface area contributed by atoms with E-state index in [1.165, 1.54) is 72.8 Å². The van der Waals surface area contributed by atoms with Crippen LogP contribution in [-0.2, 0) is 70.4 Å². The van der Waals surface area contributed by atoms with Crippen LogP contribution in [0.1, 0.15) is 40.7 Å². The van der Waals surface area contributed by atoms with Crippen molar-refractivity contribution < 1.29 is 77.8 Å². The van der Waals surface area contributed by atoms with Gasteiger partial charge in [-0.15, -0.1) is 0 Å². The summed E-state index contributed by atoms with van der Waals surface area (Å²) in [4.78, 5) is 1.97. The van der Waals surface area contributed by atoms with E-state index in [0.717, 1.165) is 11.1 Å². The Balaban J connectivity index is 1.24. The Bertz CT molecular complexity index is 3440. The Kier molecular flexibility index (Phi) is 19.9. The second-order valence-corrected chi connectivity index (χ2v) is 27.1. The van der Waals surface area contributed by atoms with Crippen molar-refractivity contribution in [1.29, 1.82) is 0 Å². The van der Waals surface area contributed by atoms with Crippen molar-refractivity contribution in [2.45, 2.75) is 152 Å². The Morgan fingerprint density at radius 1 is 0.556 bits per heavy atom.